The lowest BCUT2D eigenvalue weighted by molar-refractivity contribution is -0.170. The van der Waals surface area contributed by atoms with Crippen molar-refractivity contribution in [2.45, 2.75) is 70.5 Å². The first kappa shape index (κ1) is 17.8. The number of benzene rings is 1. The van der Waals surface area contributed by atoms with E-state index in [-0.39, 0.29) is 29.5 Å². The first-order chi connectivity index (χ1) is 12.4. The average molecular weight is 358 g/mol. The highest BCUT2D eigenvalue weighted by Crippen LogP contribution is 2.61. The largest absolute Gasteiger partial charge is 0.497 e. The Morgan fingerprint density at radius 1 is 1.23 bits per heavy atom. The molecule has 0 unspecified atom stereocenters. The number of fused-ring (bicyclic) bond motifs is 5. The van der Waals surface area contributed by atoms with Gasteiger partial charge in [0.1, 0.15) is 11.9 Å². The molecule has 2 fully saturated rings. The van der Waals surface area contributed by atoms with Crippen molar-refractivity contribution in [1.29, 1.82) is 0 Å². The summed E-state index contributed by atoms with van der Waals surface area (Å²) in [6.45, 7) is 3.88. The molecule has 3 aliphatic rings. The van der Waals surface area contributed by atoms with Crippen molar-refractivity contribution in [3.05, 3.63) is 29.3 Å². The molecule has 4 nitrogen and oxygen atoms in total. The summed E-state index contributed by atoms with van der Waals surface area (Å²) in [5.74, 6) is 1.98. The van der Waals surface area contributed by atoms with Gasteiger partial charge in [0, 0.05) is 12.8 Å². The molecule has 0 bridgehead atoms. The monoisotopic (exact) mass is 358 g/mol. The van der Waals surface area contributed by atoms with E-state index in [0.29, 0.717) is 11.8 Å². The molecule has 1 aromatic rings. The van der Waals surface area contributed by atoms with Gasteiger partial charge in [-0.25, -0.2) is 0 Å². The van der Waals surface area contributed by atoms with E-state index in [4.69, 9.17) is 9.47 Å². The number of ether oxygens (including phenoxy) is 2. The Hall–Kier alpha value is -1.55. The Bertz CT molecular complexity index is 699. The van der Waals surface area contributed by atoms with Gasteiger partial charge in [-0.1, -0.05) is 13.0 Å². The van der Waals surface area contributed by atoms with Gasteiger partial charge in [0.2, 0.25) is 0 Å². The summed E-state index contributed by atoms with van der Waals surface area (Å²) in [6, 6.07) is 6.45. The summed E-state index contributed by atoms with van der Waals surface area (Å²) in [6.07, 6.45) is 5.40. The Morgan fingerprint density at radius 2 is 2.04 bits per heavy atom. The maximum atomic E-state index is 11.8. The van der Waals surface area contributed by atoms with E-state index in [9.17, 15) is 9.90 Å². The third-order valence-corrected chi connectivity index (χ3v) is 7.45. The minimum Gasteiger partial charge on any atom is -0.497 e. The van der Waals surface area contributed by atoms with Crippen LogP contribution in [0.2, 0.25) is 0 Å². The predicted octanol–water partition coefficient (Wildman–Crippen LogP) is 3.84. The van der Waals surface area contributed by atoms with Crippen molar-refractivity contribution in [3.8, 4) is 5.75 Å². The predicted molar refractivity (Wildman–Crippen MR) is 99.2 cm³/mol. The average Bonchev–Trinajstić information content (AvgIpc) is 2.62. The van der Waals surface area contributed by atoms with Crippen LogP contribution in [-0.4, -0.2) is 30.4 Å². The molecular formula is C22H30O4. The molecule has 1 N–H and O–H groups in total. The number of hydrogen-bond donors (Lipinski definition) is 1. The van der Waals surface area contributed by atoms with Crippen LogP contribution in [0.4, 0.5) is 0 Å². The van der Waals surface area contributed by atoms with Crippen molar-refractivity contribution in [3.63, 3.8) is 0 Å². The van der Waals surface area contributed by atoms with Gasteiger partial charge < -0.3 is 14.6 Å². The van der Waals surface area contributed by atoms with Crippen molar-refractivity contribution in [2.24, 2.45) is 17.3 Å². The molecule has 0 aromatic heterocycles. The summed E-state index contributed by atoms with van der Waals surface area (Å²) in [7, 11) is 1.71. The number of aliphatic hydroxyl groups is 1. The van der Waals surface area contributed by atoms with E-state index >= 15 is 0 Å². The van der Waals surface area contributed by atoms with Crippen LogP contribution < -0.4 is 4.74 Å². The lowest BCUT2D eigenvalue weighted by Gasteiger charge is -2.58. The minimum absolute atomic E-state index is 0.0956. The molecular weight excluding hydrogens is 328 g/mol. The van der Waals surface area contributed by atoms with Crippen LogP contribution in [0.25, 0.3) is 0 Å². The molecule has 0 spiro atoms. The molecule has 0 saturated heterocycles. The summed E-state index contributed by atoms with van der Waals surface area (Å²) in [5, 5.41) is 10.3. The maximum absolute atomic E-state index is 11.8. The first-order valence-electron chi connectivity index (χ1n) is 9.94. The molecule has 0 aliphatic heterocycles. The van der Waals surface area contributed by atoms with Gasteiger partial charge >= 0.3 is 5.97 Å². The number of hydrogen-bond acceptors (Lipinski definition) is 4. The van der Waals surface area contributed by atoms with Crippen LogP contribution in [0.15, 0.2) is 18.2 Å². The van der Waals surface area contributed by atoms with E-state index in [1.165, 1.54) is 24.5 Å². The van der Waals surface area contributed by atoms with Gasteiger partial charge in [0.15, 0.2) is 0 Å². The van der Waals surface area contributed by atoms with Gasteiger partial charge in [-0.2, -0.15) is 0 Å². The lowest BCUT2D eigenvalue weighted by Crippen LogP contribution is -2.55. The SMILES string of the molecule is COc1ccc2c(c1)CC[C@H]1[C@H]2C[C@@H](OC(C)=O)[C@@H]2C[C@H](O)CC[C@@]21C. The fraction of sp³-hybridized carbons (Fsp3) is 0.682. The fourth-order valence-corrected chi connectivity index (χ4v) is 6.23. The van der Waals surface area contributed by atoms with E-state index in [1.807, 2.05) is 0 Å². The quantitative estimate of drug-likeness (QED) is 0.816. The second kappa shape index (κ2) is 6.56. The van der Waals surface area contributed by atoms with E-state index in [2.05, 4.69) is 25.1 Å². The number of methoxy groups -OCH3 is 1. The Morgan fingerprint density at radius 3 is 2.77 bits per heavy atom. The summed E-state index contributed by atoms with van der Waals surface area (Å²) >= 11 is 0. The lowest BCUT2D eigenvalue weighted by atomic mass is 9.48. The summed E-state index contributed by atoms with van der Waals surface area (Å²) in [4.78, 5) is 11.8. The zero-order chi connectivity index (χ0) is 18.5. The molecule has 4 heteroatoms. The topological polar surface area (TPSA) is 55.8 Å². The molecule has 0 heterocycles. The van der Waals surface area contributed by atoms with Crippen molar-refractivity contribution in [2.75, 3.05) is 7.11 Å². The third kappa shape index (κ3) is 2.83. The highest BCUT2D eigenvalue weighted by Gasteiger charge is 2.56. The number of aryl methyl sites for hydroxylation is 1. The van der Waals surface area contributed by atoms with Crippen molar-refractivity contribution >= 4 is 5.97 Å². The summed E-state index contributed by atoms with van der Waals surface area (Å²) < 4.78 is 11.2. The van der Waals surface area contributed by atoms with Gasteiger partial charge in [-0.15, -0.1) is 0 Å². The van der Waals surface area contributed by atoms with Gasteiger partial charge in [0.25, 0.3) is 0 Å². The van der Waals surface area contributed by atoms with Gasteiger partial charge in [-0.05, 0) is 79.0 Å². The molecule has 6 atom stereocenters. The molecule has 142 valence electrons. The number of carbonyl (C=O) groups excluding carboxylic acids is 1. The van der Waals surface area contributed by atoms with Crippen LogP contribution in [0.1, 0.15) is 63.0 Å². The molecule has 1 aromatic carbocycles. The second-order valence-electron chi connectivity index (χ2n) is 8.74. The number of rotatable bonds is 2. The minimum atomic E-state index is -0.261. The molecule has 3 aliphatic carbocycles. The Labute approximate surface area is 155 Å². The Balaban J connectivity index is 1.73. The van der Waals surface area contributed by atoms with Crippen molar-refractivity contribution in [1.82, 2.24) is 0 Å². The highest BCUT2D eigenvalue weighted by molar-refractivity contribution is 5.66. The highest BCUT2D eigenvalue weighted by atomic mass is 16.5. The van der Waals surface area contributed by atoms with Gasteiger partial charge in [-0.3, -0.25) is 4.79 Å². The molecule has 26 heavy (non-hydrogen) atoms. The van der Waals surface area contributed by atoms with Crippen LogP contribution in [0.5, 0.6) is 5.75 Å². The smallest absolute Gasteiger partial charge is 0.302 e. The number of aliphatic hydroxyl groups excluding tert-OH is 1. The molecule has 4 rings (SSSR count). The van der Waals surface area contributed by atoms with E-state index < -0.39 is 0 Å². The van der Waals surface area contributed by atoms with E-state index in [0.717, 1.165) is 37.9 Å². The molecule has 0 amide bonds. The number of esters is 1. The third-order valence-electron chi connectivity index (χ3n) is 7.45. The van der Waals surface area contributed by atoms with Crippen LogP contribution >= 0.6 is 0 Å². The van der Waals surface area contributed by atoms with Crippen LogP contribution in [0, 0.1) is 17.3 Å². The van der Waals surface area contributed by atoms with E-state index in [1.54, 1.807) is 7.11 Å². The molecule has 0 radical (unpaired) electrons. The second-order valence-corrected chi connectivity index (χ2v) is 8.74. The molecule has 2 saturated carbocycles. The first-order valence-corrected chi connectivity index (χ1v) is 9.94. The van der Waals surface area contributed by atoms with Gasteiger partial charge in [0.05, 0.1) is 13.2 Å². The zero-order valence-electron chi connectivity index (χ0n) is 16.0. The summed E-state index contributed by atoms with van der Waals surface area (Å²) in [5.41, 5.74) is 2.91. The maximum Gasteiger partial charge on any atom is 0.302 e. The Kier molecular flexibility index (Phi) is 4.50. The normalized spacial score (nSPS) is 38.5. The standard InChI is InChI=1S/C22H30O4/c1-13(23)26-21-12-18-17-6-5-16(25-3)10-14(17)4-7-19(18)22(2)9-8-15(24)11-20(21)22/h5-6,10,15,18-21,24H,4,7-9,11-12H2,1-3H3/t15-,18+,19+,20+,21-,22-/m1/s1. The van der Waals surface area contributed by atoms with Crippen LogP contribution in [-0.2, 0) is 16.0 Å². The zero-order valence-corrected chi connectivity index (χ0v) is 16.0. The fourth-order valence-electron chi connectivity index (χ4n) is 6.23. The van der Waals surface area contributed by atoms with Crippen molar-refractivity contribution < 1.29 is 19.4 Å². The number of carbonyl (C=O) groups is 1. The van der Waals surface area contributed by atoms with Crippen LogP contribution in [0.3, 0.4) is 0 Å².